The van der Waals surface area contributed by atoms with Crippen LogP contribution >= 0.6 is 0 Å². The van der Waals surface area contributed by atoms with E-state index in [2.05, 4.69) is 15.5 Å². The zero-order valence-electron chi connectivity index (χ0n) is 12.3. The zero-order valence-corrected chi connectivity index (χ0v) is 12.3. The van der Waals surface area contributed by atoms with Crippen molar-refractivity contribution in [3.63, 3.8) is 0 Å². The number of esters is 1. The van der Waals surface area contributed by atoms with Gasteiger partial charge < -0.3 is 14.6 Å². The second kappa shape index (κ2) is 5.73. The first kappa shape index (κ1) is 13.9. The van der Waals surface area contributed by atoms with Gasteiger partial charge in [-0.1, -0.05) is 0 Å². The van der Waals surface area contributed by atoms with Crippen LogP contribution in [0.25, 0.3) is 0 Å². The molecule has 2 heterocycles. The van der Waals surface area contributed by atoms with Crippen LogP contribution in [0.4, 0.5) is 0 Å². The third kappa shape index (κ3) is 2.71. The molecule has 0 unspecified atom stereocenters. The van der Waals surface area contributed by atoms with E-state index in [0.29, 0.717) is 18.3 Å². The second-order valence-electron chi connectivity index (χ2n) is 5.47. The van der Waals surface area contributed by atoms with Crippen LogP contribution < -0.4 is 5.32 Å². The number of nitrogens with zero attached hydrogens (tertiary/aromatic N) is 2. The Hall–Kier alpha value is -2.08. The molecular weight excluding hydrogens is 268 g/mol. The van der Waals surface area contributed by atoms with Crippen molar-refractivity contribution in [3.05, 3.63) is 41.0 Å². The van der Waals surface area contributed by atoms with Crippen molar-refractivity contribution in [3.8, 4) is 0 Å². The van der Waals surface area contributed by atoms with Gasteiger partial charge in [-0.05, 0) is 36.5 Å². The summed E-state index contributed by atoms with van der Waals surface area (Å²) in [6, 6.07) is 2.17. The number of aromatic amines is 1. The summed E-state index contributed by atoms with van der Waals surface area (Å²) >= 11 is 0. The fourth-order valence-corrected chi connectivity index (χ4v) is 2.95. The molecule has 0 amide bonds. The summed E-state index contributed by atoms with van der Waals surface area (Å²) in [5, 5.41) is 10.8. The molecule has 3 rings (SSSR count). The van der Waals surface area contributed by atoms with E-state index in [1.807, 2.05) is 25.5 Å². The van der Waals surface area contributed by atoms with Crippen molar-refractivity contribution < 1.29 is 9.53 Å². The van der Waals surface area contributed by atoms with E-state index in [0.717, 1.165) is 18.4 Å². The van der Waals surface area contributed by atoms with Gasteiger partial charge in [-0.15, -0.1) is 0 Å². The Balaban J connectivity index is 1.68. The van der Waals surface area contributed by atoms with Crippen LogP contribution in [0.3, 0.4) is 0 Å². The molecule has 1 atom stereocenters. The molecule has 0 fully saturated rings. The standard InChI is InChI=1S/C15H20N4O2/c1-19-9-10(6-13(19)15(20)21-2)7-16-12-5-3-4-11-8-17-18-14(11)12/h6,8-9,12,16H,3-5,7H2,1-2H3,(H,17,18)/t12-/m0/s1. The van der Waals surface area contributed by atoms with Gasteiger partial charge in [0.1, 0.15) is 5.69 Å². The lowest BCUT2D eigenvalue weighted by Crippen LogP contribution is -2.24. The number of H-pyrrole nitrogens is 1. The van der Waals surface area contributed by atoms with Gasteiger partial charge in [0.25, 0.3) is 0 Å². The maximum absolute atomic E-state index is 11.6. The first-order valence-corrected chi connectivity index (χ1v) is 7.18. The minimum absolute atomic E-state index is 0.304. The van der Waals surface area contributed by atoms with E-state index in [9.17, 15) is 4.79 Å². The number of methoxy groups -OCH3 is 1. The molecule has 1 aliphatic carbocycles. The topological polar surface area (TPSA) is 71.9 Å². The molecule has 0 spiro atoms. The van der Waals surface area contributed by atoms with Crippen LogP contribution in [0, 0.1) is 0 Å². The second-order valence-corrected chi connectivity index (χ2v) is 5.47. The predicted octanol–water partition coefficient (Wildman–Crippen LogP) is 1.70. The molecule has 2 aromatic rings. The fourth-order valence-electron chi connectivity index (χ4n) is 2.95. The zero-order chi connectivity index (χ0) is 14.8. The van der Waals surface area contributed by atoms with Crippen LogP contribution in [0.5, 0.6) is 0 Å². The van der Waals surface area contributed by atoms with Gasteiger partial charge in [-0.25, -0.2) is 4.79 Å². The number of hydrogen-bond donors (Lipinski definition) is 2. The largest absolute Gasteiger partial charge is 0.464 e. The van der Waals surface area contributed by atoms with E-state index in [4.69, 9.17) is 4.74 Å². The van der Waals surface area contributed by atoms with Crippen LogP contribution in [-0.2, 0) is 24.8 Å². The molecule has 6 nitrogen and oxygen atoms in total. The SMILES string of the molecule is COC(=O)c1cc(CN[C@H]2CCCc3cn[nH]c32)cn1C. The Bertz CT molecular complexity index is 644. The number of fused-ring (bicyclic) bond motifs is 1. The third-order valence-electron chi connectivity index (χ3n) is 4.05. The fraction of sp³-hybridized carbons (Fsp3) is 0.467. The van der Waals surface area contributed by atoms with Gasteiger partial charge in [-0.2, -0.15) is 5.10 Å². The molecule has 6 heteroatoms. The summed E-state index contributed by atoms with van der Waals surface area (Å²) < 4.78 is 6.56. The van der Waals surface area contributed by atoms with Crippen molar-refractivity contribution in [2.45, 2.75) is 31.8 Å². The summed E-state index contributed by atoms with van der Waals surface area (Å²) in [5.74, 6) is -0.308. The van der Waals surface area contributed by atoms with E-state index in [1.54, 1.807) is 4.57 Å². The van der Waals surface area contributed by atoms with Crippen LogP contribution in [0.1, 0.15) is 46.2 Å². The highest BCUT2D eigenvalue weighted by Crippen LogP contribution is 2.27. The summed E-state index contributed by atoms with van der Waals surface area (Å²) in [5.41, 5.74) is 4.15. The van der Waals surface area contributed by atoms with Crippen LogP contribution in [0.15, 0.2) is 18.5 Å². The smallest absolute Gasteiger partial charge is 0.354 e. The average Bonchev–Trinajstić information content (AvgIpc) is 3.10. The van der Waals surface area contributed by atoms with Gasteiger partial charge in [-0.3, -0.25) is 5.10 Å². The summed E-state index contributed by atoms with van der Waals surface area (Å²) in [6.07, 6.45) is 7.25. The van der Waals surface area contributed by atoms with E-state index in [1.165, 1.54) is 24.8 Å². The van der Waals surface area contributed by atoms with Gasteiger partial charge in [0.05, 0.1) is 19.0 Å². The Morgan fingerprint density at radius 1 is 1.62 bits per heavy atom. The number of carbonyl (C=O) groups excluding carboxylic acids is 1. The molecule has 0 aromatic carbocycles. The molecule has 112 valence electrons. The molecule has 0 bridgehead atoms. The number of ether oxygens (including phenoxy) is 1. The maximum atomic E-state index is 11.6. The van der Waals surface area contributed by atoms with Crippen molar-refractivity contribution in [2.75, 3.05) is 7.11 Å². The van der Waals surface area contributed by atoms with Crippen molar-refractivity contribution in [1.29, 1.82) is 0 Å². The van der Waals surface area contributed by atoms with E-state index < -0.39 is 0 Å². The minimum Gasteiger partial charge on any atom is -0.464 e. The number of aryl methyl sites for hydroxylation is 2. The average molecular weight is 288 g/mol. The Morgan fingerprint density at radius 3 is 3.29 bits per heavy atom. The van der Waals surface area contributed by atoms with Gasteiger partial charge in [0.15, 0.2) is 0 Å². The number of carbonyl (C=O) groups is 1. The molecule has 0 aliphatic heterocycles. The highest BCUT2D eigenvalue weighted by Gasteiger charge is 2.21. The lowest BCUT2D eigenvalue weighted by molar-refractivity contribution is 0.0590. The molecule has 2 aromatic heterocycles. The van der Waals surface area contributed by atoms with Crippen LogP contribution in [0.2, 0.25) is 0 Å². The third-order valence-corrected chi connectivity index (χ3v) is 4.05. The first-order valence-electron chi connectivity index (χ1n) is 7.18. The number of hydrogen-bond acceptors (Lipinski definition) is 4. The van der Waals surface area contributed by atoms with Crippen molar-refractivity contribution in [1.82, 2.24) is 20.1 Å². The van der Waals surface area contributed by atoms with Gasteiger partial charge in [0.2, 0.25) is 0 Å². The number of aromatic nitrogens is 3. The van der Waals surface area contributed by atoms with E-state index in [-0.39, 0.29) is 5.97 Å². The Kier molecular flexibility index (Phi) is 3.79. The minimum atomic E-state index is -0.308. The van der Waals surface area contributed by atoms with Crippen molar-refractivity contribution in [2.24, 2.45) is 7.05 Å². The number of rotatable bonds is 4. The van der Waals surface area contributed by atoms with Crippen LogP contribution in [-0.4, -0.2) is 27.8 Å². The van der Waals surface area contributed by atoms with Gasteiger partial charge in [0, 0.05) is 25.8 Å². The quantitative estimate of drug-likeness (QED) is 0.840. The molecule has 1 aliphatic rings. The molecule has 2 N–H and O–H groups in total. The predicted molar refractivity (Wildman–Crippen MR) is 77.9 cm³/mol. The molecular formula is C15H20N4O2. The highest BCUT2D eigenvalue weighted by atomic mass is 16.5. The lowest BCUT2D eigenvalue weighted by Gasteiger charge is -2.22. The molecule has 0 radical (unpaired) electrons. The Labute approximate surface area is 123 Å². The summed E-state index contributed by atoms with van der Waals surface area (Å²) in [4.78, 5) is 11.6. The van der Waals surface area contributed by atoms with E-state index >= 15 is 0 Å². The Morgan fingerprint density at radius 2 is 2.48 bits per heavy atom. The van der Waals surface area contributed by atoms with Crippen molar-refractivity contribution >= 4 is 5.97 Å². The maximum Gasteiger partial charge on any atom is 0.354 e. The highest BCUT2D eigenvalue weighted by molar-refractivity contribution is 5.87. The normalized spacial score (nSPS) is 17.5. The molecule has 0 saturated heterocycles. The molecule has 0 saturated carbocycles. The first-order chi connectivity index (χ1) is 10.2. The monoisotopic (exact) mass is 288 g/mol. The summed E-state index contributed by atoms with van der Waals surface area (Å²) in [7, 11) is 3.25. The van der Waals surface area contributed by atoms with Gasteiger partial charge >= 0.3 is 5.97 Å². The lowest BCUT2D eigenvalue weighted by atomic mass is 9.93. The number of nitrogens with one attached hydrogen (secondary N) is 2. The summed E-state index contributed by atoms with van der Waals surface area (Å²) in [6.45, 7) is 0.716. The molecule has 21 heavy (non-hydrogen) atoms.